The third-order valence-corrected chi connectivity index (χ3v) is 8.29. The van der Waals surface area contributed by atoms with Crippen molar-refractivity contribution < 1.29 is 19.1 Å². The summed E-state index contributed by atoms with van der Waals surface area (Å²) in [6.45, 7) is 1.99. The first-order valence-corrected chi connectivity index (χ1v) is 13.3. The number of aromatic nitrogens is 2. The van der Waals surface area contributed by atoms with Gasteiger partial charge < -0.3 is 30.5 Å². The van der Waals surface area contributed by atoms with Crippen LogP contribution >= 0.6 is 34.5 Å². The Morgan fingerprint density at radius 2 is 1.97 bits per heavy atom. The van der Waals surface area contributed by atoms with E-state index in [0.717, 1.165) is 11.3 Å². The van der Waals surface area contributed by atoms with Gasteiger partial charge in [-0.25, -0.2) is 19.2 Å². The Balaban J connectivity index is 1.53. The average molecular weight is 588 g/mol. The summed E-state index contributed by atoms with van der Waals surface area (Å²) in [6.07, 6.45) is 0.193. The lowest BCUT2D eigenvalue weighted by Gasteiger charge is -2.34. The van der Waals surface area contributed by atoms with Gasteiger partial charge in [-0.2, -0.15) is 0 Å². The minimum atomic E-state index is -1.42. The van der Waals surface area contributed by atoms with Crippen LogP contribution in [0.3, 0.4) is 0 Å². The first kappa shape index (κ1) is 28.1. The molecule has 2 aliphatic heterocycles. The summed E-state index contributed by atoms with van der Waals surface area (Å²) >= 11 is 13.2. The lowest BCUT2D eigenvalue weighted by atomic mass is 10.0. The Morgan fingerprint density at radius 3 is 2.53 bits per heavy atom. The van der Waals surface area contributed by atoms with Crippen LogP contribution in [0.1, 0.15) is 38.0 Å². The monoisotopic (exact) mass is 586 g/mol. The second-order valence-electron chi connectivity index (χ2n) is 9.48. The van der Waals surface area contributed by atoms with Crippen LogP contribution in [0.4, 0.5) is 9.52 Å². The molecule has 0 saturated carbocycles. The number of hydrogen-bond acceptors (Lipinski definition) is 9. The molecule has 4 rings (SSSR count). The Labute approximate surface area is 233 Å². The molecule has 1 unspecified atom stereocenters. The van der Waals surface area contributed by atoms with Crippen molar-refractivity contribution in [1.82, 2.24) is 30.4 Å². The van der Waals surface area contributed by atoms with E-state index in [9.17, 15) is 14.7 Å². The number of nitrogens with one attached hydrogen (secondary N) is 3. The van der Waals surface area contributed by atoms with E-state index in [1.807, 2.05) is 38.0 Å². The molecule has 0 bridgehead atoms. The molecule has 0 aliphatic carbocycles. The fourth-order valence-corrected chi connectivity index (χ4v) is 5.48. The number of halogens is 3. The molecule has 2 aromatic rings. The van der Waals surface area contributed by atoms with Crippen molar-refractivity contribution in [3.63, 3.8) is 0 Å². The molecule has 2 aliphatic rings. The van der Waals surface area contributed by atoms with Gasteiger partial charge in [-0.3, -0.25) is 9.69 Å². The number of hydrogen-bond donors (Lipinski definition) is 4. The lowest BCUT2D eigenvalue weighted by molar-refractivity contribution is 0.0701. The van der Waals surface area contributed by atoms with Crippen molar-refractivity contribution >= 4 is 63.1 Å². The van der Waals surface area contributed by atoms with Gasteiger partial charge in [0.25, 0.3) is 5.91 Å². The van der Waals surface area contributed by atoms with Gasteiger partial charge in [-0.05, 0) is 27.4 Å². The highest BCUT2D eigenvalue weighted by Gasteiger charge is 2.34. The maximum Gasteiger partial charge on any atom is 0.348 e. The Morgan fingerprint density at radius 1 is 1.26 bits per heavy atom. The fourth-order valence-electron chi connectivity index (χ4n) is 4.11. The highest BCUT2D eigenvalue weighted by atomic mass is 35.5. The molecule has 4 N–H and O–H groups in total. The number of carboxylic acid groups (broad SMARTS) is 1. The topological polar surface area (TPSA) is 129 Å². The second-order valence-corrected chi connectivity index (χ2v) is 11.2. The summed E-state index contributed by atoms with van der Waals surface area (Å²) in [5.41, 5.74) is 1.41. The summed E-state index contributed by atoms with van der Waals surface area (Å²) in [5.74, 6) is -1.01. The molecule has 15 heteroatoms. The number of aliphatic imine (C=N–C) groups is 1. The number of rotatable bonds is 6. The summed E-state index contributed by atoms with van der Waals surface area (Å²) in [5, 5.41) is 16.5. The predicted octanol–water partition coefficient (Wildman–Crippen LogP) is 2.88. The van der Waals surface area contributed by atoms with Crippen LogP contribution in [0.15, 0.2) is 11.1 Å². The van der Waals surface area contributed by atoms with Crippen LogP contribution in [-0.4, -0.2) is 102 Å². The van der Waals surface area contributed by atoms with Gasteiger partial charge in [0.05, 0.1) is 28.3 Å². The number of carbonyl (C=O) groups is 2. The van der Waals surface area contributed by atoms with Crippen LogP contribution in [-0.2, 0) is 0 Å². The first-order valence-electron chi connectivity index (χ1n) is 11.7. The molecule has 0 aromatic carbocycles. The van der Waals surface area contributed by atoms with Crippen LogP contribution in [0.25, 0.3) is 5.70 Å². The van der Waals surface area contributed by atoms with Crippen molar-refractivity contribution in [2.24, 2.45) is 4.99 Å². The molecular formula is C23H29Cl2FN8O3S. The molecule has 0 radical (unpaired) electrons. The lowest BCUT2D eigenvalue weighted by Crippen LogP contribution is -2.52. The number of likely N-dealkylation sites (N-methyl/N-ethyl adjacent to an activating group) is 1. The number of amidine groups is 1. The van der Waals surface area contributed by atoms with E-state index in [0.29, 0.717) is 28.9 Å². The smallest absolute Gasteiger partial charge is 0.348 e. The van der Waals surface area contributed by atoms with Gasteiger partial charge in [0.2, 0.25) is 0 Å². The molecule has 2 aromatic heterocycles. The molecule has 1 fully saturated rings. The van der Waals surface area contributed by atoms with Crippen LogP contribution in [0.5, 0.6) is 0 Å². The van der Waals surface area contributed by atoms with Crippen molar-refractivity contribution in [3.05, 3.63) is 38.1 Å². The van der Waals surface area contributed by atoms with Crippen LogP contribution in [0, 0.1) is 6.92 Å². The SMILES string of the molecule is Cc1[nH]c(C(=O)N[C@@H]2CCN(c3nc(C4=CC(N(C)C)=NC(N(C)C)N4)c(C(=O)O)s3)C[C@@H]2F)c(Cl)c1Cl. The van der Waals surface area contributed by atoms with Crippen LogP contribution < -0.4 is 15.5 Å². The van der Waals surface area contributed by atoms with E-state index in [1.54, 1.807) is 17.9 Å². The van der Waals surface area contributed by atoms with E-state index in [-0.39, 0.29) is 39.3 Å². The standard InChI is InChI=1S/C23H29Cl2FN8O3S/c1-10-15(24)16(25)18(27-10)20(35)28-12-6-7-34(9-11(12)26)23-31-17(19(38-23)21(36)37)13-8-14(32(2)3)30-22(29-13)33(4)5/h8,11-12,22,27,29H,6-7,9H2,1-5H3,(H,28,35)(H,36,37)/t11-,12+,22?/m0/s1. The number of piperidine rings is 1. The van der Waals surface area contributed by atoms with E-state index in [2.05, 4.69) is 25.6 Å². The number of carboxylic acids is 1. The number of anilines is 1. The zero-order chi connectivity index (χ0) is 27.9. The molecule has 1 amide bonds. The zero-order valence-corrected chi connectivity index (χ0v) is 23.8. The third-order valence-electron chi connectivity index (χ3n) is 6.23. The Hall–Kier alpha value is -2.87. The Kier molecular flexibility index (Phi) is 8.21. The minimum Gasteiger partial charge on any atom is -0.477 e. The van der Waals surface area contributed by atoms with Gasteiger partial charge in [0.1, 0.15) is 28.3 Å². The number of H-pyrrole nitrogens is 1. The number of alkyl halides is 1. The maximum absolute atomic E-state index is 15.2. The number of amides is 1. The Bertz CT molecular complexity index is 1310. The number of aryl methyl sites for hydroxylation is 1. The fraction of sp³-hybridized carbons (Fsp3) is 0.478. The summed E-state index contributed by atoms with van der Waals surface area (Å²) in [4.78, 5) is 42.2. The number of aromatic amines is 1. The van der Waals surface area contributed by atoms with Gasteiger partial charge in [0.15, 0.2) is 11.4 Å². The second kappa shape index (κ2) is 11.1. The van der Waals surface area contributed by atoms with Gasteiger partial charge in [-0.1, -0.05) is 34.5 Å². The highest BCUT2D eigenvalue weighted by molar-refractivity contribution is 7.17. The number of thiazole rings is 1. The predicted molar refractivity (Wildman–Crippen MR) is 147 cm³/mol. The quantitative estimate of drug-likeness (QED) is 0.406. The van der Waals surface area contributed by atoms with E-state index >= 15 is 4.39 Å². The summed E-state index contributed by atoms with van der Waals surface area (Å²) in [7, 11) is 7.40. The van der Waals surface area contributed by atoms with E-state index in [1.165, 1.54) is 0 Å². The van der Waals surface area contributed by atoms with Gasteiger partial charge in [0, 0.05) is 32.4 Å². The van der Waals surface area contributed by atoms with Crippen molar-refractivity contribution in [2.75, 3.05) is 46.2 Å². The molecule has 4 heterocycles. The minimum absolute atomic E-state index is 0.0377. The van der Waals surface area contributed by atoms with E-state index < -0.39 is 30.4 Å². The normalized spacial score (nSPS) is 21.6. The largest absolute Gasteiger partial charge is 0.477 e. The highest BCUT2D eigenvalue weighted by Crippen LogP contribution is 2.34. The molecule has 1 saturated heterocycles. The maximum atomic E-state index is 15.2. The number of aromatic carboxylic acids is 1. The first-order chi connectivity index (χ1) is 17.9. The van der Waals surface area contributed by atoms with Crippen molar-refractivity contribution in [1.29, 1.82) is 0 Å². The number of nitrogens with zero attached hydrogens (tertiary/aromatic N) is 5. The molecule has 0 spiro atoms. The molecule has 3 atom stereocenters. The molecule has 38 heavy (non-hydrogen) atoms. The third kappa shape index (κ3) is 5.60. The van der Waals surface area contributed by atoms with Crippen molar-refractivity contribution in [2.45, 2.75) is 31.8 Å². The number of carbonyl (C=O) groups excluding carboxylic acids is 1. The van der Waals surface area contributed by atoms with Crippen molar-refractivity contribution in [3.8, 4) is 0 Å². The average Bonchev–Trinajstić information content (AvgIpc) is 3.43. The van der Waals surface area contributed by atoms with Gasteiger partial charge in [-0.15, -0.1) is 0 Å². The van der Waals surface area contributed by atoms with E-state index in [4.69, 9.17) is 23.2 Å². The van der Waals surface area contributed by atoms with Crippen LogP contribution in [0.2, 0.25) is 10.0 Å². The molecule has 206 valence electrons. The summed E-state index contributed by atoms with van der Waals surface area (Å²) in [6, 6.07) is -0.752. The van der Waals surface area contributed by atoms with Gasteiger partial charge >= 0.3 is 5.97 Å². The molecular weight excluding hydrogens is 558 g/mol. The zero-order valence-electron chi connectivity index (χ0n) is 21.5. The molecule has 11 nitrogen and oxygen atoms in total. The summed E-state index contributed by atoms with van der Waals surface area (Å²) < 4.78 is 15.2.